The second kappa shape index (κ2) is 9.53. The zero-order valence-corrected chi connectivity index (χ0v) is 17.8. The Hall–Kier alpha value is -1.63. The Labute approximate surface area is 169 Å². The Balaban J connectivity index is 1.84. The van der Waals surface area contributed by atoms with Crippen LogP contribution in [0.3, 0.4) is 0 Å². The van der Waals surface area contributed by atoms with Gasteiger partial charge in [-0.1, -0.05) is 20.8 Å². The van der Waals surface area contributed by atoms with Gasteiger partial charge in [0, 0.05) is 38.8 Å². The summed E-state index contributed by atoms with van der Waals surface area (Å²) in [6, 6.07) is 2.17. The van der Waals surface area contributed by atoms with Crippen LogP contribution in [0.2, 0.25) is 0 Å². The van der Waals surface area contributed by atoms with Gasteiger partial charge in [0.1, 0.15) is 11.6 Å². The zero-order valence-electron chi connectivity index (χ0n) is 17.0. The lowest BCUT2D eigenvalue weighted by atomic mass is 9.92. The van der Waals surface area contributed by atoms with E-state index in [9.17, 15) is 0 Å². The van der Waals surface area contributed by atoms with Crippen LogP contribution in [-0.2, 0) is 0 Å². The smallest absolute Gasteiger partial charge is 0.232 e. The summed E-state index contributed by atoms with van der Waals surface area (Å²) in [6.45, 7) is 11.9. The summed E-state index contributed by atoms with van der Waals surface area (Å²) >= 11 is 5.41. The van der Waals surface area contributed by atoms with E-state index in [1.54, 1.807) is 0 Å². The molecule has 0 bridgehead atoms. The molecule has 1 aromatic rings. The zero-order chi connectivity index (χ0) is 19.2. The molecule has 2 saturated heterocycles. The lowest BCUT2D eigenvalue weighted by Gasteiger charge is -2.36. The molecule has 7 heteroatoms. The summed E-state index contributed by atoms with van der Waals surface area (Å²) in [5, 5.41) is 7.01. The maximum Gasteiger partial charge on any atom is 0.232 e. The highest BCUT2D eigenvalue weighted by atomic mass is 32.1. The molecule has 2 atom stereocenters. The molecular weight excluding hydrogens is 356 g/mol. The van der Waals surface area contributed by atoms with E-state index >= 15 is 0 Å². The maximum absolute atomic E-state index is 5.41. The number of hydrogen-bond donors (Lipinski definition) is 2. The van der Waals surface area contributed by atoms with Crippen LogP contribution in [0.15, 0.2) is 6.07 Å². The van der Waals surface area contributed by atoms with E-state index in [0.717, 1.165) is 50.8 Å². The highest BCUT2D eigenvalue weighted by Crippen LogP contribution is 2.29. The van der Waals surface area contributed by atoms with Gasteiger partial charge in [-0.2, -0.15) is 9.97 Å². The summed E-state index contributed by atoms with van der Waals surface area (Å²) in [5.41, 5.74) is 0. The van der Waals surface area contributed by atoms with Crippen LogP contribution < -0.4 is 20.4 Å². The molecule has 1 aromatic heterocycles. The van der Waals surface area contributed by atoms with Crippen molar-refractivity contribution >= 4 is 34.9 Å². The van der Waals surface area contributed by atoms with Crippen LogP contribution in [0.25, 0.3) is 0 Å². The van der Waals surface area contributed by atoms with Gasteiger partial charge in [0.25, 0.3) is 0 Å². The van der Waals surface area contributed by atoms with E-state index in [1.807, 2.05) is 0 Å². The number of hydrogen-bond acceptors (Lipinski definition) is 5. The summed E-state index contributed by atoms with van der Waals surface area (Å²) in [5.74, 6) is 4.01. The van der Waals surface area contributed by atoms with Crippen LogP contribution >= 0.6 is 12.2 Å². The highest BCUT2D eigenvalue weighted by molar-refractivity contribution is 7.80. The minimum atomic E-state index is 0.596. The molecule has 0 saturated carbocycles. The second-order valence-electron chi connectivity index (χ2n) is 8.19. The molecule has 3 rings (SSSR count). The summed E-state index contributed by atoms with van der Waals surface area (Å²) in [6.07, 6.45) is 6.10. The lowest BCUT2D eigenvalue weighted by molar-refractivity contribution is 0.355. The first kappa shape index (κ1) is 20.1. The third-order valence-corrected chi connectivity index (χ3v) is 5.58. The average molecular weight is 391 g/mol. The monoisotopic (exact) mass is 390 g/mol. The van der Waals surface area contributed by atoms with Crippen LogP contribution in [-0.4, -0.2) is 47.8 Å². The quantitative estimate of drug-likeness (QED) is 0.744. The molecule has 0 radical (unpaired) electrons. The van der Waals surface area contributed by atoms with Crippen LogP contribution in [0.1, 0.15) is 52.9 Å². The fraction of sp³-hybridized carbons (Fsp3) is 0.750. The summed E-state index contributed by atoms with van der Waals surface area (Å²) in [7, 11) is 0. The third-order valence-electron chi connectivity index (χ3n) is 5.33. The van der Waals surface area contributed by atoms with Crippen molar-refractivity contribution in [3.63, 3.8) is 0 Å². The van der Waals surface area contributed by atoms with E-state index in [0.29, 0.717) is 22.9 Å². The Morgan fingerprint density at radius 1 is 1.07 bits per heavy atom. The fourth-order valence-electron chi connectivity index (χ4n) is 4.16. The number of piperidine rings is 2. The molecule has 0 unspecified atom stereocenters. The predicted molar refractivity (Wildman–Crippen MR) is 118 cm³/mol. The molecule has 0 aliphatic carbocycles. The molecule has 2 aliphatic rings. The van der Waals surface area contributed by atoms with Gasteiger partial charge in [-0.3, -0.25) is 0 Å². The molecule has 2 N–H and O–H groups in total. The van der Waals surface area contributed by atoms with E-state index in [4.69, 9.17) is 22.2 Å². The van der Waals surface area contributed by atoms with Crippen LogP contribution in [0.5, 0.6) is 0 Å². The van der Waals surface area contributed by atoms with Gasteiger partial charge in [0.15, 0.2) is 5.11 Å². The van der Waals surface area contributed by atoms with Crippen molar-refractivity contribution in [2.75, 3.05) is 47.8 Å². The first-order valence-electron chi connectivity index (χ1n) is 10.5. The molecule has 6 nitrogen and oxygen atoms in total. The minimum absolute atomic E-state index is 0.596. The molecule has 0 amide bonds. The first-order valence-corrected chi connectivity index (χ1v) is 10.9. The molecule has 0 spiro atoms. The minimum Gasteiger partial charge on any atom is -0.362 e. The van der Waals surface area contributed by atoms with E-state index < -0.39 is 0 Å². The van der Waals surface area contributed by atoms with Gasteiger partial charge >= 0.3 is 0 Å². The Morgan fingerprint density at radius 3 is 2.33 bits per heavy atom. The Morgan fingerprint density at radius 2 is 1.70 bits per heavy atom. The van der Waals surface area contributed by atoms with Gasteiger partial charge in [-0.05, 0) is 56.2 Å². The number of nitrogens with one attached hydrogen (secondary N) is 2. The number of aromatic nitrogens is 2. The summed E-state index contributed by atoms with van der Waals surface area (Å²) < 4.78 is 0. The number of nitrogens with zero attached hydrogens (tertiary/aromatic N) is 4. The summed E-state index contributed by atoms with van der Waals surface area (Å²) in [4.78, 5) is 14.4. The van der Waals surface area contributed by atoms with Gasteiger partial charge < -0.3 is 20.4 Å². The molecule has 150 valence electrons. The first-order chi connectivity index (χ1) is 13.0. The van der Waals surface area contributed by atoms with Crippen molar-refractivity contribution < 1.29 is 0 Å². The van der Waals surface area contributed by atoms with E-state index in [1.165, 1.54) is 25.7 Å². The lowest BCUT2D eigenvalue weighted by Crippen LogP contribution is -2.40. The van der Waals surface area contributed by atoms with Crippen molar-refractivity contribution in [3.05, 3.63) is 6.07 Å². The van der Waals surface area contributed by atoms with Crippen molar-refractivity contribution in [1.82, 2.24) is 15.3 Å². The predicted octanol–water partition coefficient (Wildman–Crippen LogP) is 3.65. The van der Waals surface area contributed by atoms with Crippen LogP contribution in [0, 0.1) is 11.8 Å². The fourth-order valence-corrected chi connectivity index (χ4v) is 4.35. The molecule has 27 heavy (non-hydrogen) atoms. The van der Waals surface area contributed by atoms with E-state index in [2.05, 4.69) is 47.3 Å². The highest BCUT2D eigenvalue weighted by Gasteiger charge is 2.24. The number of rotatable bonds is 5. The van der Waals surface area contributed by atoms with Gasteiger partial charge in [0.05, 0.1) is 0 Å². The van der Waals surface area contributed by atoms with Gasteiger partial charge in [0.2, 0.25) is 5.95 Å². The topological polar surface area (TPSA) is 56.3 Å². The van der Waals surface area contributed by atoms with Crippen molar-refractivity contribution in [3.8, 4) is 0 Å². The van der Waals surface area contributed by atoms with Gasteiger partial charge in [-0.15, -0.1) is 0 Å². The van der Waals surface area contributed by atoms with Crippen molar-refractivity contribution in [2.45, 2.75) is 52.9 Å². The molecule has 0 aromatic carbocycles. The largest absolute Gasteiger partial charge is 0.362 e. The third kappa shape index (κ3) is 5.67. The number of thiocarbonyl (C=S) groups is 1. The van der Waals surface area contributed by atoms with Crippen LogP contribution in [0.4, 0.5) is 17.6 Å². The van der Waals surface area contributed by atoms with Crippen molar-refractivity contribution in [1.29, 1.82) is 0 Å². The van der Waals surface area contributed by atoms with E-state index in [-0.39, 0.29) is 0 Å². The Kier molecular flexibility index (Phi) is 7.10. The second-order valence-corrected chi connectivity index (χ2v) is 8.60. The van der Waals surface area contributed by atoms with Gasteiger partial charge in [-0.25, -0.2) is 0 Å². The molecule has 2 aliphatic heterocycles. The normalized spacial score (nSPS) is 23.2. The molecule has 3 heterocycles. The standard InChI is InChI=1S/C20H34N6S/c1-4-8-21-20(27)24-19-22-17(25-9-6-5-7-10-25)12-18(23-19)26-13-15(2)11-16(3)14-26/h12,15-16H,4-11,13-14H2,1-3H3,(H2,21,22,23,24,27)/t15-,16+. The Bertz CT molecular complexity index is 621. The molecule has 2 fully saturated rings. The number of anilines is 3. The molecular formula is C20H34N6S. The van der Waals surface area contributed by atoms with Crippen molar-refractivity contribution in [2.24, 2.45) is 11.8 Å². The SMILES string of the molecule is CCCNC(=S)Nc1nc(N2CCCCC2)cc(N2C[C@H](C)C[C@H](C)C2)n1. The average Bonchev–Trinajstić information content (AvgIpc) is 2.66. The maximum atomic E-state index is 5.41.